The molecule has 0 spiro atoms. The molecule has 0 aromatic carbocycles. The zero-order chi connectivity index (χ0) is 8.65. The first-order valence-corrected chi connectivity index (χ1v) is 3.62. The Bertz CT molecular complexity index is 157. The summed E-state index contributed by atoms with van der Waals surface area (Å²) in [6.07, 6.45) is -2.62. The summed E-state index contributed by atoms with van der Waals surface area (Å²) in [6, 6.07) is -0.637. The van der Waals surface area contributed by atoms with Crippen molar-refractivity contribution in [2.24, 2.45) is 0 Å². The lowest BCUT2D eigenvalue weighted by molar-refractivity contribution is -0.0852. The van der Waals surface area contributed by atoms with E-state index in [4.69, 9.17) is 9.84 Å². The highest BCUT2D eigenvalue weighted by molar-refractivity contribution is 6.11. The van der Waals surface area contributed by atoms with Gasteiger partial charge < -0.3 is 14.9 Å². The average Bonchev–Trinajstić information content (AvgIpc) is 2.17. The quantitative estimate of drug-likeness (QED) is 0.457. The second-order valence-electron chi connectivity index (χ2n) is 3.18. The fourth-order valence-corrected chi connectivity index (χ4v) is 1.28. The minimum Gasteiger partial charge on any atom is -0.393 e. The molecule has 11 heavy (non-hydrogen) atoms. The molecule has 1 fully saturated rings. The van der Waals surface area contributed by atoms with Crippen molar-refractivity contribution in [1.29, 1.82) is 0 Å². The summed E-state index contributed by atoms with van der Waals surface area (Å²) in [4.78, 5) is 0. The Morgan fingerprint density at radius 2 is 2.27 bits per heavy atom. The molecule has 0 amide bonds. The largest absolute Gasteiger partial charge is 0.393 e. The summed E-state index contributed by atoms with van der Waals surface area (Å²) >= 11 is 0. The van der Waals surface area contributed by atoms with Gasteiger partial charge in [0, 0.05) is 0 Å². The lowest BCUT2D eigenvalue weighted by Crippen LogP contribution is -2.42. The van der Waals surface area contributed by atoms with Gasteiger partial charge in [-0.2, -0.15) is 0 Å². The summed E-state index contributed by atoms with van der Waals surface area (Å²) in [7, 11) is 1.54. The Morgan fingerprint density at radius 3 is 2.45 bits per heavy atom. The lowest BCUT2D eigenvalue weighted by atomic mass is 9.91. The molecule has 1 aliphatic rings. The molecule has 0 saturated carbocycles. The number of halogens is 1. The van der Waals surface area contributed by atoms with Crippen LogP contribution in [0.1, 0.15) is 6.92 Å². The lowest BCUT2D eigenvalue weighted by Gasteiger charge is -2.24. The van der Waals surface area contributed by atoms with Crippen molar-refractivity contribution in [2.75, 3.05) is 6.61 Å². The molecule has 5 heteroatoms. The third kappa shape index (κ3) is 1.28. The van der Waals surface area contributed by atoms with Gasteiger partial charge in [0.1, 0.15) is 25.7 Å². The van der Waals surface area contributed by atoms with E-state index < -0.39 is 23.9 Å². The summed E-state index contributed by atoms with van der Waals surface area (Å²) in [6.45, 7) is 1.13. The molecule has 0 aromatic heterocycles. The molecule has 1 heterocycles. The standard InChI is InChI=1S/C6H12BFO3/c1-6(2-9)4(10)3(8)5(7)11-6/h3-5,9-10H,2,7H2,1H3/t3?,4?,5-,6-/m1/s1. The zero-order valence-electron chi connectivity index (χ0n) is 6.62. The van der Waals surface area contributed by atoms with Gasteiger partial charge in [0.05, 0.1) is 12.6 Å². The van der Waals surface area contributed by atoms with E-state index in [2.05, 4.69) is 0 Å². The number of rotatable bonds is 1. The van der Waals surface area contributed by atoms with Crippen LogP contribution < -0.4 is 0 Å². The van der Waals surface area contributed by atoms with Gasteiger partial charge in [0.25, 0.3) is 0 Å². The maximum Gasteiger partial charge on any atom is 0.147 e. The van der Waals surface area contributed by atoms with Crippen LogP contribution in [0, 0.1) is 0 Å². The maximum atomic E-state index is 12.9. The van der Waals surface area contributed by atoms with Crippen molar-refractivity contribution in [1.82, 2.24) is 0 Å². The number of hydrogen-bond acceptors (Lipinski definition) is 3. The molecule has 64 valence electrons. The van der Waals surface area contributed by atoms with Crippen LogP contribution in [0.5, 0.6) is 0 Å². The third-order valence-electron chi connectivity index (χ3n) is 2.14. The number of aliphatic hydroxyl groups is 2. The number of alkyl halides is 1. The second kappa shape index (κ2) is 2.73. The molecular weight excluding hydrogens is 150 g/mol. The topological polar surface area (TPSA) is 49.7 Å². The van der Waals surface area contributed by atoms with Crippen LogP contribution in [0.4, 0.5) is 4.39 Å². The van der Waals surface area contributed by atoms with Gasteiger partial charge in [-0.05, 0) is 6.92 Å². The fraction of sp³-hybridized carbons (Fsp3) is 1.00. The number of aliphatic hydroxyl groups excluding tert-OH is 2. The van der Waals surface area contributed by atoms with E-state index in [9.17, 15) is 9.50 Å². The van der Waals surface area contributed by atoms with Gasteiger partial charge in [0.15, 0.2) is 0 Å². The zero-order valence-corrected chi connectivity index (χ0v) is 6.62. The van der Waals surface area contributed by atoms with Gasteiger partial charge >= 0.3 is 0 Å². The van der Waals surface area contributed by atoms with Gasteiger partial charge in [-0.3, -0.25) is 0 Å². The van der Waals surface area contributed by atoms with Gasteiger partial charge in [-0.25, -0.2) is 4.39 Å². The average molecular weight is 162 g/mol. The molecule has 1 saturated heterocycles. The highest BCUT2D eigenvalue weighted by atomic mass is 19.1. The van der Waals surface area contributed by atoms with Crippen molar-refractivity contribution in [2.45, 2.75) is 30.8 Å². The summed E-state index contributed by atoms with van der Waals surface area (Å²) < 4.78 is 18.0. The first-order chi connectivity index (χ1) is 5.01. The van der Waals surface area contributed by atoms with Crippen molar-refractivity contribution < 1.29 is 19.3 Å². The van der Waals surface area contributed by atoms with Crippen LogP contribution in [0.25, 0.3) is 0 Å². The molecule has 1 aliphatic heterocycles. The summed E-state index contributed by atoms with van der Waals surface area (Å²) in [5.74, 6) is 0. The normalized spacial score (nSPS) is 51.5. The van der Waals surface area contributed by atoms with E-state index in [0.29, 0.717) is 0 Å². The van der Waals surface area contributed by atoms with E-state index >= 15 is 0 Å². The van der Waals surface area contributed by atoms with E-state index in [1.54, 1.807) is 0 Å². The van der Waals surface area contributed by atoms with Crippen LogP contribution in [-0.4, -0.2) is 48.5 Å². The van der Waals surface area contributed by atoms with Crippen LogP contribution in [-0.2, 0) is 4.74 Å². The first-order valence-electron chi connectivity index (χ1n) is 3.62. The van der Waals surface area contributed by atoms with Crippen LogP contribution >= 0.6 is 0 Å². The molecule has 2 unspecified atom stereocenters. The first kappa shape index (κ1) is 8.97. The molecular formula is C6H12BFO3. The molecule has 3 nitrogen and oxygen atoms in total. The maximum absolute atomic E-state index is 12.9. The Kier molecular flexibility index (Phi) is 2.23. The Balaban J connectivity index is 2.73. The third-order valence-corrected chi connectivity index (χ3v) is 2.14. The van der Waals surface area contributed by atoms with Gasteiger partial charge in [-0.1, -0.05) is 0 Å². The monoisotopic (exact) mass is 162 g/mol. The number of ether oxygens (including phenoxy) is 1. The predicted molar refractivity (Wildman–Crippen MR) is 39.8 cm³/mol. The highest BCUT2D eigenvalue weighted by Gasteiger charge is 2.49. The molecule has 4 atom stereocenters. The van der Waals surface area contributed by atoms with Crippen LogP contribution in [0.3, 0.4) is 0 Å². The Hall–Kier alpha value is -0.125. The van der Waals surface area contributed by atoms with E-state index in [-0.39, 0.29) is 6.61 Å². The molecule has 1 rings (SSSR count). The molecule has 2 N–H and O–H groups in total. The smallest absolute Gasteiger partial charge is 0.147 e. The van der Waals surface area contributed by atoms with E-state index in [1.807, 2.05) is 0 Å². The second-order valence-corrected chi connectivity index (χ2v) is 3.18. The van der Waals surface area contributed by atoms with E-state index in [0.717, 1.165) is 0 Å². The summed E-state index contributed by atoms with van der Waals surface area (Å²) in [5.41, 5.74) is -1.13. The Labute approximate surface area is 65.6 Å². The van der Waals surface area contributed by atoms with Crippen molar-refractivity contribution in [3.05, 3.63) is 0 Å². The van der Waals surface area contributed by atoms with Crippen molar-refractivity contribution >= 4 is 7.85 Å². The molecule has 0 bridgehead atoms. The Morgan fingerprint density at radius 1 is 1.73 bits per heavy atom. The number of hydrogen-bond donors (Lipinski definition) is 2. The van der Waals surface area contributed by atoms with Gasteiger partial charge in [0.2, 0.25) is 0 Å². The predicted octanol–water partition coefficient (Wildman–Crippen LogP) is -1.57. The fourth-order valence-electron chi connectivity index (χ4n) is 1.28. The molecule has 0 radical (unpaired) electrons. The molecule has 0 aliphatic carbocycles. The molecule has 0 aromatic rings. The van der Waals surface area contributed by atoms with Crippen LogP contribution in [0.2, 0.25) is 0 Å². The van der Waals surface area contributed by atoms with Gasteiger partial charge in [-0.15, -0.1) is 0 Å². The minimum atomic E-state index is -1.40. The van der Waals surface area contributed by atoms with E-state index in [1.165, 1.54) is 14.8 Å². The highest BCUT2D eigenvalue weighted by Crippen LogP contribution is 2.30. The van der Waals surface area contributed by atoms with Crippen molar-refractivity contribution in [3.63, 3.8) is 0 Å². The SMILES string of the molecule is B[C@@H]1O[C@](C)(CO)C(O)C1F. The summed E-state index contributed by atoms with van der Waals surface area (Å²) in [5, 5.41) is 18.0. The minimum absolute atomic E-state index is 0.362. The van der Waals surface area contributed by atoms with Crippen molar-refractivity contribution in [3.8, 4) is 0 Å². The van der Waals surface area contributed by atoms with Crippen LogP contribution in [0.15, 0.2) is 0 Å².